The molecule has 0 fully saturated rings. The van der Waals surface area contributed by atoms with Gasteiger partial charge in [0.1, 0.15) is 12.4 Å². The molecule has 37 heavy (non-hydrogen) atoms. The number of hydrogen-bond donors (Lipinski definition) is 1. The third kappa shape index (κ3) is 3.38. The second-order valence-electron chi connectivity index (χ2n) is 10.2. The number of fused-ring (bicyclic) bond motifs is 5. The molecule has 8 heteroatoms. The van der Waals surface area contributed by atoms with Gasteiger partial charge in [-0.25, -0.2) is 14.8 Å². The maximum atomic E-state index is 13.7. The summed E-state index contributed by atoms with van der Waals surface area (Å²) in [6, 6.07) is 7.79. The predicted octanol–water partition coefficient (Wildman–Crippen LogP) is 4.92. The largest absolute Gasteiger partial charge is 0.458 e. The smallest absolute Gasteiger partial charge is 0.343 e. The summed E-state index contributed by atoms with van der Waals surface area (Å²) in [5, 5.41) is 12.2. The van der Waals surface area contributed by atoms with Crippen LogP contribution in [0.15, 0.2) is 34.1 Å². The van der Waals surface area contributed by atoms with Crippen LogP contribution in [-0.2, 0) is 28.3 Å². The SMILES string of the molecule is CCCCCN1C(CCC)=Nc2cccc3nc4c(c1c23)Cn1c-4cc2c(c1=O)COC(=O)[C@]2(O)CC. The number of carbonyl (C=O) groups excluding carboxylic acids is 1. The van der Waals surface area contributed by atoms with Gasteiger partial charge < -0.3 is 19.3 Å². The molecule has 8 nitrogen and oxygen atoms in total. The first-order chi connectivity index (χ1) is 17.9. The van der Waals surface area contributed by atoms with Crippen LogP contribution in [0, 0.1) is 0 Å². The lowest BCUT2D eigenvalue weighted by Gasteiger charge is -2.33. The van der Waals surface area contributed by atoms with E-state index in [1.807, 2.05) is 18.2 Å². The predicted molar refractivity (Wildman–Crippen MR) is 143 cm³/mol. The van der Waals surface area contributed by atoms with Gasteiger partial charge in [0.05, 0.1) is 45.8 Å². The molecular weight excluding hydrogens is 468 g/mol. The molecule has 0 saturated heterocycles. The minimum atomic E-state index is -1.84. The lowest BCUT2D eigenvalue weighted by Crippen LogP contribution is -2.44. The highest BCUT2D eigenvalue weighted by Crippen LogP contribution is 2.47. The molecule has 0 amide bonds. The lowest BCUT2D eigenvalue weighted by molar-refractivity contribution is -0.172. The van der Waals surface area contributed by atoms with E-state index in [2.05, 4.69) is 18.7 Å². The van der Waals surface area contributed by atoms with Gasteiger partial charge in [-0.15, -0.1) is 0 Å². The Morgan fingerprint density at radius 1 is 1.11 bits per heavy atom. The summed E-state index contributed by atoms with van der Waals surface area (Å²) in [6.45, 7) is 7.19. The van der Waals surface area contributed by atoms with Gasteiger partial charge in [-0.2, -0.15) is 0 Å². The molecule has 5 heterocycles. The zero-order valence-electron chi connectivity index (χ0n) is 21.6. The maximum absolute atomic E-state index is 13.7. The molecule has 2 aromatic heterocycles. The minimum absolute atomic E-state index is 0.121. The van der Waals surface area contributed by atoms with Gasteiger partial charge in [-0.1, -0.05) is 39.7 Å². The molecule has 1 atom stereocenters. The van der Waals surface area contributed by atoms with Gasteiger partial charge in [0.2, 0.25) is 0 Å². The van der Waals surface area contributed by atoms with E-state index < -0.39 is 11.6 Å². The minimum Gasteiger partial charge on any atom is -0.458 e. The Morgan fingerprint density at radius 2 is 1.95 bits per heavy atom. The second kappa shape index (κ2) is 8.80. The standard InChI is InChI=1S/C29H32N4O4/c1-4-7-8-13-32-23(10-5-2)30-20-11-9-12-21-24(20)26(32)17-15-33-22(25(17)31-21)14-19-18(27(33)34)16-37-28(35)29(19,36)6-3/h9,11-12,14,36H,4-8,10,13,15-16H2,1-3H3/t29-/m0/s1. The Hall–Kier alpha value is -3.52. The van der Waals surface area contributed by atoms with Crippen molar-refractivity contribution < 1.29 is 14.6 Å². The molecule has 192 valence electrons. The fraction of sp³-hybridized carbons (Fsp3) is 0.448. The zero-order valence-corrected chi connectivity index (χ0v) is 21.6. The molecule has 0 unspecified atom stereocenters. The number of anilines is 1. The Balaban J connectivity index is 1.61. The number of nitrogens with zero attached hydrogens (tertiary/aromatic N) is 4. The van der Waals surface area contributed by atoms with Gasteiger partial charge in [0.25, 0.3) is 5.56 Å². The second-order valence-corrected chi connectivity index (χ2v) is 10.2. The molecule has 3 aromatic rings. The monoisotopic (exact) mass is 500 g/mol. The average Bonchev–Trinajstić information content (AvgIpc) is 3.27. The Labute approximate surface area is 215 Å². The van der Waals surface area contributed by atoms with Crippen LogP contribution in [0.25, 0.3) is 22.3 Å². The summed E-state index contributed by atoms with van der Waals surface area (Å²) in [5.74, 6) is 0.341. The van der Waals surface area contributed by atoms with Crippen molar-refractivity contribution in [3.63, 3.8) is 0 Å². The average molecular weight is 501 g/mol. The van der Waals surface area contributed by atoms with Gasteiger partial charge in [0, 0.05) is 24.1 Å². The molecule has 1 N–H and O–H groups in total. The topological polar surface area (TPSA) is 97.0 Å². The van der Waals surface area contributed by atoms with E-state index in [-0.39, 0.29) is 18.6 Å². The van der Waals surface area contributed by atoms with E-state index in [9.17, 15) is 14.7 Å². The van der Waals surface area contributed by atoms with Crippen molar-refractivity contribution >= 4 is 34.1 Å². The van der Waals surface area contributed by atoms with Crippen LogP contribution in [0.2, 0.25) is 0 Å². The van der Waals surface area contributed by atoms with Crippen molar-refractivity contribution in [2.24, 2.45) is 4.99 Å². The highest BCUT2D eigenvalue weighted by atomic mass is 16.6. The lowest BCUT2D eigenvalue weighted by atomic mass is 9.86. The molecule has 0 radical (unpaired) electrons. The third-order valence-corrected chi connectivity index (χ3v) is 7.95. The van der Waals surface area contributed by atoms with Crippen LogP contribution in [-0.4, -0.2) is 33.0 Å². The molecular formula is C29H32N4O4. The fourth-order valence-electron chi connectivity index (χ4n) is 5.98. The molecule has 0 bridgehead atoms. The first-order valence-electron chi connectivity index (χ1n) is 13.4. The third-order valence-electron chi connectivity index (χ3n) is 7.95. The van der Waals surface area contributed by atoms with E-state index in [1.165, 1.54) is 0 Å². The molecule has 6 rings (SSSR count). The molecule has 1 aromatic carbocycles. The number of cyclic esters (lactones) is 1. The van der Waals surface area contributed by atoms with Gasteiger partial charge in [-0.3, -0.25) is 4.79 Å². The molecule has 0 spiro atoms. The number of esters is 1. The number of benzene rings is 1. The summed E-state index contributed by atoms with van der Waals surface area (Å²) < 4.78 is 6.95. The number of carbonyl (C=O) groups is 1. The van der Waals surface area contributed by atoms with E-state index in [4.69, 9.17) is 14.7 Å². The number of rotatable bonds is 7. The normalized spacial score (nSPS) is 19.4. The van der Waals surface area contributed by atoms with Crippen molar-refractivity contribution in [2.75, 3.05) is 11.4 Å². The van der Waals surface area contributed by atoms with E-state index in [0.29, 0.717) is 23.4 Å². The van der Waals surface area contributed by atoms with Crippen LogP contribution >= 0.6 is 0 Å². The van der Waals surface area contributed by atoms with Crippen molar-refractivity contribution in [1.82, 2.24) is 9.55 Å². The highest BCUT2D eigenvalue weighted by molar-refractivity contribution is 6.16. The maximum Gasteiger partial charge on any atom is 0.343 e. The number of aliphatic imine (C=N–C) groups is 1. The summed E-state index contributed by atoms with van der Waals surface area (Å²) >= 11 is 0. The van der Waals surface area contributed by atoms with Crippen molar-refractivity contribution in [2.45, 2.75) is 78.0 Å². The van der Waals surface area contributed by atoms with E-state index in [0.717, 1.165) is 78.0 Å². The highest BCUT2D eigenvalue weighted by Gasteiger charge is 2.45. The number of unbranched alkanes of at least 4 members (excludes halogenated alkanes) is 2. The van der Waals surface area contributed by atoms with Crippen LogP contribution in [0.5, 0.6) is 0 Å². The number of pyridine rings is 2. The first-order valence-corrected chi connectivity index (χ1v) is 13.4. The summed E-state index contributed by atoms with van der Waals surface area (Å²) in [4.78, 5) is 38.7. The zero-order chi connectivity index (χ0) is 25.9. The van der Waals surface area contributed by atoms with Crippen LogP contribution in [0.1, 0.15) is 76.0 Å². The van der Waals surface area contributed by atoms with Gasteiger partial charge >= 0.3 is 5.97 Å². The Bertz CT molecular complexity index is 1540. The molecule has 3 aliphatic rings. The van der Waals surface area contributed by atoms with Crippen LogP contribution < -0.4 is 10.5 Å². The number of amidine groups is 1. The van der Waals surface area contributed by atoms with Crippen molar-refractivity contribution in [3.05, 3.63) is 51.3 Å². The van der Waals surface area contributed by atoms with Crippen molar-refractivity contribution in [1.29, 1.82) is 0 Å². The van der Waals surface area contributed by atoms with Gasteiger partial charge in [0.15, 0.2) is 5.60 Å². The number of ether oxygens (including phenoxy) is 1. The summed E-state index contributed by atoms with van der Waals surface area (Å²) in [5.41, 5.74) is 3.80. The first kappa shape index (κ1) is 23.9. The van der Waals surface area contributed by atoms with E-state index in [1.54, 1.807) is 17.6 Å². The molecule has 0 aliphatic carbocycles. The Morgan fingerprint density at radius 3 is 2.70 bits per heavy atom. The molecule has 0 saturated carbocycles. The number of aliphatic hydroxyl groups is 1. The van der Waals surface area contributed by atoms with Crippen LogP contribution in [0.4, 0.5) is 11.4 Å². The summed E-state index contributed by atoms with van der Waals surface area (Å²) in [7, 11) is 0. The van der Waals surface area contributed by atoms with E-state index >= 15 is 0 Å². The fourth-order valence-corrected chi connectivity index (χ4v) is 5.98. The summed E-state index contributed by atoms with van der Waals surface area (Å²) in [6.07, 6.45) is 5.27. The Kier molecular flexibility index (Phi) is 5.67. The van der Waals surface area contributed by atoms with Crippen molar-refractivity contribution in [3.8, 4) is 11.4 Å². The van der Waals surface area contributed by atoms with Gasteiger partial charge in [-0.05, 0) is 37.5 Å². The molecule has 3 aliphatic heterocycles. The number of hydrogen-bond acceptors (Lipinski definition) is 7. The van der Waals surface area contributed by atoms with Crippen LogP contribution in [0.3, 0.4) is 0 Å². The number of aromatic nitrogens is 2. The quantitative estimate of drug-likeness (QED) is 0.286.